The minimum atomic E-state index is -4.47. The summed E-state index contributed by atoms with van der Waals surface area (Å²) in [6, 6.07) is 9.89. The lowest BCUT2D eigenvalue weighted by Gasteiger charge is -2.23. The molecule has 1 heterocycles. The molecular formula is C20H17ClF3N3O3. The molecule has 1 atom stereocenters. The molecule has 158 valence electrons. The summed E-state index contributed by atoms with van der Waals surface area (Å²) in [5, 5.41) is 8.29. The van der Waals surface area contributed by atoms with E-state index in [1.807, 2.05) is 0 Å². The first-order valence-corrected chi connectivity index (χ1v) is 9.11. The highest BCUT2D eigenvalue weighted by atomic mass is 35.5. The monoisotopic (exact) mass is 439 g/mol. The van der Waals surface area contributed by atoms with Crippen molar-refractivity contribution in [3.63, 3.8) is 0 Å². The number of urea groups is 1. The van der Waals surface area contributed by atoms with Crippen molar-refractivity contribution in [3.8, 4) is 0 Å². The van der Waals surface area contributed by atoms with Gasteiger partial charge >= 0.3 is 18.2 Å². The molecule has 1 aliphatic heterocycles. The zero-order valence-corrected chi connectivity index (χ0v) is 16.7. The Morgan fingerprint density at radius 2 is 1.73 bits per heavy atom. The van der Waals surface area contributed by atoms with Gasteiger partial charge in [0.25, 0.3) is 0 Å². The van der Waals surface area contributed by atoms with Crippen LogP contribution < -0.4 is 5.32 Å². The molecule has 0 radical (unpaired) electrons. The van der Waals surface area contributed by atoms with E-state index in [1.54, 1.807) is 31.2 Å². The second-order valence-electron chi connectivity index (χ2n) is 6.84. The van der Waals surface area contributed by atoms with Gasteiger partial charge in [-0.05, 0) is 48.9 Å². The average molecular weight is 440 g/mol. The van der Waals surface area contributed by atoms with E-state index in [1.165, 1.54) is 7.11 Å². The van der Waals surface area contributed by atoms with E-state index in [0.29, 0.717) is 16.3 Å². The molecule has 2 amide bonds. The summed E-state index contributed by atoms with van der Waals surface area (Å²) in [5.41, 5.74) is -1.02. The third-order valence-corrected chi connectivity index (χ3v) is 4.91. The number of alkyl halides is 3. The van der Waals surface area contributed by atoms with Gasteiger partial charge in [-0.3, -0.25) is 4.79 Å². The second-order valence-corrected chi connectivity index (χ2v) is 7.28. The van der Waals surface area contributed by atoms with Crippen LogP contribution in [0.2, 0.25) is 5.02 Å². The fourth-order valence-corrected chi connectivity index (χ4v) is 3.19. The van der Waals surface area contributed by atoms with Crippen LogP contribution in [0.1, 0.15) is 18.1 Å². The fourth-order valence-electron chi connectivity index (χ4n) is 3.06. The second kappa shape index (κ2) is 7.98. The number of rotatable bonds is 3. The summed E-state index contributed by atoms with van der Waals surface area (Å²) in [6.07, 6.45) is -4.47. The number of amides is 2. The Morgan fingerprint density at radius 1 is 1.13 bits per heavy atom. The summed E-state index contributed by atoms with van der Waals surface area (Å²) in [7, 11) is 1.23. The quantitative estimate of drug-likeness (QED) is 0.699. The molecule has 2 aromatic carbocycles. The van der Waals surface area contributed by atoms with Crippen molar-refractivity contribution in [1.82, 2.24) is 5.01 Å². The highest BCUT2D eigenvalue weighted by Gasteiger charge is 2.48. The van der Waals surface area contributed by atoms with E-state index in [0.717, 1.165) is 29.3 Å². The van der Waals surface area contributed by atoms with Crippen molar-refractivity contribution in [2.24, 2.45) is 10.5 Å². The minimum absolute atomic E-state index is 0.107. The number of benzene rings is 2. The molecule has 0 aliphatic carbocycles. The molecule has 1 N–H and O–H groups in total. The smallest absolute Gasteiger partial charge is 0.416 e. The van der Waals surface area contributed by atoms with E-state index in [9.17, 15) is 22.8 Å². The Balaban J connectivity index is 1.85. The number of halogens is 4. The molecule has 0 unspecified atom stereocenters. The van der Waals surface area contributed by atoms with Gasteiger partial charge in [-0.15, -0.1) is 0 Å². The molecule has 0 saturated carbocycles. The van der Waals surface area contributed by atoms with Gasteiger partial charge in [0.15, 0.2) is 0 Å². The lowest BCUT2D eigenvalue weighted by atomic mass is 9.82. The van der Waals surface area contributed by atoms with Gasteiger partial charge in [0.1, 0.15) is 5.41 Å². The van der Waals surface area contributed by atoms with Crippen molar-refractivity contribution < 1.29 is 27.5 Å². The van der Waals surface area contributed by atoms with Crippen LogP contribution in [-0.2, 0) is 15.7 Å². The number of esters is 1. The molecule has 0 aromatic heterocycles. The van der Waals surface area contributed by atoms with Crippen molar-refractivity contribution in [3.05, 3.63) is 64.7 Å². The molecule has 2 aromatic rings. The number of methoxy groups -OCH3 is 1. The number of anilines is 1. The van der Waals surface area contributed by atoms with Crippen molar-refractivity contribution >= 4 is 35.0 Å². The Morgan fingerprint density at radius 3 is 2.27 bits per heavy atom. The maximum atomic E-state index is 12.7. The maximum absolute atomic E-state index is 12.7. The van der Waals surface area contributed by atoms with Crippen LogP contribution in [0.3, 0.4) is 0 Å². The predicted octanol–water partition coefficient (Wildman–Crippen LogP) is 4.79. The van der Waals surface area contributed by atoms with Crippen LogP contribution >= 0.6 is 11.6 Å². The molecule has 0 spiro atoms. The Hall–Kier alpha value is -3.07. The first-order chi connectivity index (χ1) is 14.0. The van der Waals surface area contributed by atoms with Crippen LogP contribution in [0.25, 0.3) is 0 Å². The van der Waals surface area contributed by atoms with Gasteiger partial charge in [0, 0.05) is 10.7 Å². The molecule has 1 aliphatic rings. The standard InChI is InChI=1S/C20H17ClF3N3O3/c1-19(17(28)30-2)11-27(26-16(19)12-3-7-14(21)8-4-12)18(29)25-15-9-5-13(6-10-15)20(22,23)24/h3-10H,11H2,1-2H3,(H,25,29)/t19-/m1/s1. The number of nitrogens with one attached hydrogen (secondary N) is 1. The average Bonchev–Trinajstić information content (AvgIpc) is 3.06. The Labute approximate surface area is 175 Å². The first kappa shape index (κ1) is 21.6. The lowest BCUT2D eigenvalue weighted by molar-refractivity contribution is -0.147. The van der Waals surface area contributed by atoms with Gasteiger partial charge in [0.05, 0.1) is 24.9 Å². The van der Waals surface area contributed by atoms with Crippen LogP contribution in [0.5, 0.6) is 0 Å². The molecular weight excluding hydrogens is 423 g/mol. The topological polar surface area (TPSA) is 71.0 Å². The highest BCUT2D eigenvalue weighted by molar-refractivity contribution is 6.30. The van der Waals surface area contributed by atoms with Crippen LogP contribution in [0.4, 0.5) is 23.7 Å². The number of hydrazone groups is 1. The molecule has 6 nitrogen and oxygen atoms in total. The van der Waals surface area contributed by atoms with Gasteiger partial charge < -0.3 is 10.1 Å². The SMILES string of the molecule is COC(=O)[C@]1(C)CN(C(=O)Nc2ccc(C(F)(F)F)cc2)N=C1c1ccc(Cl)cc1. The maximum Gasteiger partial charge on any atom is 0.416 e. The third-order valence-electron chi connectivity index (χ3n) is 4.66. The number of hydrogen-bond donors (Lipinski definition) is 1. The lowest BCUT2D eigenvalue weighted by Crippen LogP contribution is -2.42. The van der Waals surface area contributed by atoms with Crippen molar-refractivity contribution in [2.45, 2.75) is 13.1 Å². The number of nitrogens with zero attached hydrogens (tertiary/aromatic N) is 2. The molecule has 3 rings (SSSR count). The van der Waals surface area contributed by atoms with Crippen molar-refractivity contribution in [2.75, 3.05) is 19.0 Å². The summed E-state index contributed by atoms with van der Waals surface area (Å²) in [6.45, 7) is 1.49. The van der Waals surface area contributed by atoms with Gasteiger partial charge in [-0.2, -0.15) is 18.3 Å². The van der Waals surface area contributed by atoms with Gasteiger partial charge in [0.2, 0.25) is 0 Å². The molecule has 10 heteroatoms. The number of carbonyl (C=O) groups is 2. The minimum Gasteiger partial charge on any atom is -0.468 e. The van der Waals surface area contributed by atoms with Crippen LogP contribution in [-0.4, -0.2) is 36.4 Å². The summed E-state index contributed by atoms with van der Waals surface area (Å²) < 4.78 is 43.0. The third kappa shape index (κ3) is 4.25. The van der Waals surface area contributed by atoms with E-state index < -0.39 is 29.2 Å². The Kier molecular flexibility index (Phi) is 5.76. The first-order valence-electron chi connectivity index (χ1n) is 8.74. The van der Waals surface area contributed by atoms with Crippen molar-refractivity contribution in [1.29, 1.82) is 0 Å². The zero-order chi connectivity index (χ0) is 22.1. The summed E-state index contributed by atoms with van der Waals surface area (Å²) in [4.78, 5) is 25.1. The number of ether oxygens (including phenoxy) is 1. The molecule has 0 bridgehead atoms. The van der Waals surface area contributed by atoms with Crippen LogP contribution in [0, 0.1) is 5.41 Å². The molecule has 0 saturated heterocycles. The van der Waals surface area contributed by atoms with Gasteiger partial charge in [-0.1, -0.05) is 23.7 Å². The highest BCUT2D eigenvalue weighted by Crippen LogP contribution is 2.34. The van der Waals surface area contributed by atoms with Crippen LogP contribution in [0.15, 0.2) is 53.6 Å². The molecule has 30 heavy (non-hydrogen) atoms. The van der Waals surface area contributed by atoms with E-state index >= 15 is 0 Å². The number of hydrogen-bond acceptors (Lipinski definition) is 4. The largest absolute Gasteiger partial charge is 0.468 e. The summed E-state index contributed by atoms with van der Waals surface area (Å²) >= 11 is 5.91. The van der Waals surface area contributed by atoms with Gasteiger partial charge in [-0.25, -0.2) is 9.80 Å². The number of carbonyl (C=O) groups excluding carboxylic acids is 2. The summed E-state index contributed by atoms with van der Waals surface area (Å²) in [5.74, 6) is -0.582. The molecule has 0 fully saturated rings. The van der Waals surface area contributed by atoms with E-state index in [2.05, 4.69) is 10.4 Å². The fraction of sp³-hybridized carbons (Fsp3) is 0.250. The van der Waals surface area contributed by atoms with E-state index in [-0.39, 0.29) is 12.2 Å². The Bertz CT molecular complexity index is 991. The zero-order valence-electron chi connectivity index (χ0n) is 16.0. The van der Waals surface area contributed by atoms with E-state index in [4.69, 9.17) is 16.3 Å². The predicted molar refractivity (Wildman–Crippen MR) is 105 cm³/mol. The normalized spacial score (nSPS) is 18.7.